The minimum Gasteiger partial charge on any atom is -0.465 e. The van der Waals surface area contributed by atoms with Crippen molar-refractivity contribution in [3.8, 4) is 0 Å². The monoisotopic (exact) mass is 454 g/mol. The molecule has 190 valence electrons. The molecule has 4 heteroatoms. The van der Waals surface area contributed by atoms with Crippen LogP contribution in [0.15, 0.2) is 0 Å². The van der Waals surface area contributed by atoms with Crippen LogP contribution in [0.1, 0.15) is 143 Å². The molecule has 0 aromatic carbocycles. The van der Waals surface area contributed by atoms with Gasteiger partial charge in [-0.15, -0.1) is 0 Å². The van der Waals surface area contributed by atoms with Gasteiger partial charge in [-0.05, 0) is 37.5 Å². The van der Waals surface area contributed by atoms with Gasteiger partial charge in [-0.3, -0.25) is 9.59 Å². The van der Waals surface area contributed by atoms with E-state index in [9.17, 15) is 9.59 Å². The Kier molecular flexibility index (Phi) is 22.3. The third kappa shape index (κ3) is 19.6. The molecule has 4 nitrogen and oxygen atoms in total. The van der Waals surface area contributed by atoms with Gasteiger partial charge in [0, 0.05) is 12.8 Å². The van der Waals surface area contributed by atoms with Crippen molar-refractivity contribution < 1.29 is 19.1 Å². The molecule has 0 aromatic rings. The summed E-state index contributed by atoms with van der Waals surface area (Å²) < 4.78 is 10.9. The van der Waals surface area contributed by atoms with E-state index in [-0.39, 0.29) is 11.9 Å². The van der Waals surface area contributed by atoms with E-state index in [0.717, 1.165) is 38.5 Å². The van der Waals surface area contributed by atoms with Crippen LogP contribution in [0.5, 0.6) is 0 Å². The van der Waals surface area contributed by atoms with Crippen LogP contribution in [0, 0.1) is 11.8 Å². The second-order valence-electron chi connectivity index (χ2n) is 9.53. The lowest BCUT2D eigenvalue weighted by Gasteiger charge is -2.14. The summed E-state index contributed by atoms with van der Waals surface area (Å²) in [5.74, 6) is 1.00. The zero-order chi connectivity index (χ0) is 23.9. The third-order valence-corrected chi connectivity index (χ3v) is 6.56. The lowest BCUT2D eigenvalue weighted by Crippen LogP contribution is -2.13. The Balaban J connectivity index is 3.49. The van der Waals surface area contributed by atoms with Crippen molar-refractivity contribution in [2.75, 3.05) is 13.2 Å². The largest absolute Gasteiger partial charge is 0.465 e. The number of carbonyl (C=O) groups excluding carboxylic acids is 2. The Morgan fingerprint density at radius 2 is 0.875 bits per heavy atom. The minimum atomic E-state index is -0.0255. The molecule has 0 aliphatic heterocycles. The number of hydrogen-bond donors (Lipinski definition) is 0. The second-order valence-corrected chi connectivity index (χ2v) is 9.53. The molecule has 0 amide bonds. The summed E-state index contributed by atoms with van der Waals surface area (Å²) in [6.07, 6.45) is 19.3. The van der Waals surface area contributed by atoms with Gasteiger partial charge in [0.05, 0.1) is 13.2 Å². The molecular weight excluding hydrogens is 400 g/mol. The van der Waals surface area contributed by atoms with Crippen molar-refractivity contribution in [2.24, 2.45) is 11.8 Å². The van der Waals surface area contributed by atoms with E-state index in [0.29, 0.717) is 37.9 Å². The highest BCUT2D eigenvalue weighted by Gasteiger charge is 2.11. The van der Waals surface area contributed by atoms with Crippen LogP contribution in [0.3, 0.4) is 0 Å². The third-order valence-electron chi connectivity index (χ3n) is 6.56. The van der Waals surface area contributed by atoms with Gasteiger partial charge in [0.15, 0.2) is 0 Å². The van der Waals surface area contributed by atoms with Crippen LogP contribution in [0.25, 0.3) is 0 Å². The molecule has 0 fully saturated rings. The zero-order valence-electron chi connectivity index (χ0n) is 21.9. The molecule has 0 radical (unpaired) electrons. The van der Waals surface area contributed by atoms with Crippen molar-refractivity contribution in [3.05, 3.63) is 0 Å². The first-order valence-electron chi connectivity index (χ1n) is 13.9. The first-order valence-corrected chi connectivity index (χ1v) is 13.9. The average molecular weight is 455 g/mol. The van der Waals surface area contributed by atoms with Crippen molar-refractivity contribution in [1.82, 2.24) is 0 Å². The molecular formula is C28H54O4. The van der Waals surface area contributed by atoms with E-state index < -0.39 is 0 Å². The average Bonchev–Trinajstić information content (AvgIpc) is 2.80. The first-order chi connectivity index (χ1) is 15.6. The molecule has 0 spiro atoms. The summed E-state index contributed by atoms with van der Waals surface area (Å²) in [6, 6.07) is 0. The van der Waals surface area contributed by atoms with Gasteiger partial charge >= 0.3 is 11.9 Å². The van der Waals surface area contributed by atoms with E-state index in [2.05, 4.69) is 27.7 Å². The molecule has 0 aliphatic rings. The molecule has 0 saturated carbocycles. The molecule has 0 bridgehead atoms. The summed E-state index contributed by atoms with van der Waals surface area (Å²) in [7, 11) is 0. The summed E-state index contributed by atoms with van der Waals surface area (Å²) in [6.45, 7) is 9.95. The van der Waals surface area contributed by atoms with Crippen LogP contribution >= 0.6 is 0 Å². The van der Waals surface area contributed by atoms with E-state index >= 15 is 0 Å². The number of rotatable bonds is 23. The maximum Gasteiger partial charge on any atom is 0.305 e. The molecule has 0 aromatic heterocycles. The van der Waals surface area contributed by atoms with Crippen LogP contribution in [-0.2, 0) is 19.1 Å². The van der Waals surface area contributed by atoms with E-state index in [1.54, 1.807) is 0 Å². The van der Waals surface area contributed by atoms with E-state index in [4.69, 9.17) is 9.47 Å². The predicted molar refractivity (Wildman–Crippen MR) is 135 cm³/mol. The van der Waals surface area contributed by atoms with E-state index in [1.165, 1.54) is 64.2 Å². The van der Waals surface area contributed by atoms with Gasteiger partial charge in [0.2, 0.25) is 0 Å². The van der Waals surface area contributed by atoms with Gasteiger partial charge in [-0.25, -0.2) is 0 Å². The zero-order valence-corrected chi connectivity index (χ0v) is 21.9. The Bertz CT molecular complexity index is 395. The highest BCUT2D eigenvalue weighted by atomic mass is 16.5. The SMILES string of the molecule is CCCC[C@@H](CC)COC(=O)CCCCCCCCCCC(=O)OC[C@@H](CC)CCCC. The smallest absolute Gasteiger partial charge is 0.305 e. The fraction of sp³-hybridized carbons (Fsp3) is 0.929. The molecule has 0 rings (SSSR count). The van der Waals surface area contributed by atoms with Crippen LogP contribution in [0.2, 0.25) is 0 Å². The summed E-state index contributed by atoms with van der Waals surface area (Å²) in [4.78, 5) is 23.8. The second kappa shape index (κ2) is 23.1. The number of unbranched alkanes of at least 4 members (excludes halogenated alkanes) is 9. The molecule has 0 unspecified atom stereocenters. The first kappa shape index (κ1) is 30.9. The Labute approximate surface area is 199 Å². The van der Waals surface area contributed by atoms with Crippen molar-refractivity contribution in [1.29, 1.82) is 0 Å². The quantitative estimate of drug-likeness (QED) is 0.115. The lowest BCUT2D eigenvalue weighted by molar-refractivity contribution is -0.146. The van der Waals surface area contributed by atoms with Gasteiger partial charge in [-0.1, -0.05) is 105 Å². The normalized spacial score (nSPS) is 13.0. The van der Waals surface area contributed by atoms with Crippen molar-refractivity contribution in [3.63, 3.8) is 0 Å². The standard InChI is InChI=1S/C28H54O4/c1-5-9-19-25(7-3)23-31-27(29)21-17-15-13-11-12-14-16-18-22-28(30)32-24-26(8-4)20-10-6-2/h25-26H,5-24H2,1-4H3/t25-,26+. The van der Waals surface area contributed by atoms with Gasteiger partial charge in [0.1, 0.15) is 0 Å². The number of carbonyl (C=O) groups is 2. The maximum atomic E-state index is 11.9. The minimum absolute atomic E-state index is 0.0255. The van der Waals surface area contributed by atoms with Gasteiger partial charge < -0.3 is 9.47 Å². The summed E-state index contributed by atoms with van der Waals surface area (Å²) >= 11 is 0. The Hall–Kier alpha value is -1.06. The fourth-order valence-electron chi connectivity index (χ4n) is 3.96. The summed E-state index contributed by atoms with van der Waals surface area (Å²) in [5.41, 5.74) is 0. The van der Waals surface area contributed by atoms with Crippen molar-refractivity contribution in [2.45, 2.75) is 143 Å². The summed E-state index contributed by atoms with van der Waals surface area (Å²) in [5, 5.41) is 0. The number of esters is 2. The topological polar surface area (TPSA) is 52.6 Å². The number of hydrogen-bond acceptors (Lipinski definition) is 4. The maximum absolute atomic E-state index is 11.9. The number of ether oxygens (including phenoxy) is 2. The molecule has 32 heavy (non-hydrogen) atoms. The Morgan fingerprint density at radius 1 is 0.531 bits per heavy atom. The van der Waals surface area contributed by atoms with Crippen LogP contribution in [-0.4, -0.2) is 25.2 Å². The van der Waals surface area contributed by atoms with Crippen LogP contribution in [0.4, 0.5) is 0 Å². The highest BCUT2D eigenvalue weighted by Crippen LogP contribution is 2.16. The molecule has 0 saturated heterocycles. The highest BCUT2D eigenvalue weighted by molar-refractivity contribution is 5.69. The molecule has 0 aliphatic carbocycles. The van der Waals surface area contributed by atoms with Crippen molar-refractivity contribution >= 4 is 11.9 Å². The Morgan fingerprint density at radius 3 is 1.19 bits per heavy atom. The lowest BCUT2D eigenvalue weighted by atomic mass is 10.0. The molecule has 2 atom stereocenters. The van der Waals surface area contributed by atoms with Gasteiger partial charge in [0.25, 0.3) is 0 Å². The van der Waals surface area contributed by atoms with E-state index in [1.807, 2.05) is 0 Å². The predicted octanol–water partition coefficient (Wildman–Crippen LogP) is 8.41. The van der Waals surface area contributed by atoms with Crippen LogP contribution < -0.4 is 0 Å². The fourth-order valence-corrected chi connectivity index (χ4v) is 3.96. The van der Waals surface area contributed by atoms with Gasteiger partial charge in [-0.2, -0.15) is 0 Å². The molecule has 0 heterocycles. The molecule has 0 N–H and O–H groups in total.